The Labute approximate surface area is 711 Å². The van der Waals surface area contributed by atoms with Crippen LogP contribution < -0.4 is 19.1 Å². The Balaban J connectivity index is 0.000000143. The predicted molar refractivity (Wildman–Crippen MR) is 441 cm³/mol. The number of hydrogen-bond acceptors (Lipinski definition) is 21. The van der Waals surface area contributed by atoms with Gasteiger partial charge in [-0.15, -0.1) is 0 Å². The van der Waals surface area contributed by atoms with Gasteiger partial charge >= 0.3 is 15.5 Å². The fourth-order valence-electron chi connectivity index (χ4n) is 17.2. The summed E-state index contributed by atoms with van der Waals surface area (Å²) in [4.78, 5) is 163. The maximum atomic E-state index is 13.3. The molecule has 9 aliphatic rings. The molecule has 25 nitrogen and oxygen atoms in total. The summed E-state index contributed by atoms with van der Waals surface area (Å²) in [6, 6.07) is 50.1. The molecule has 31 heteroatoms. The highest BCUT2D eigenvalue weighted by Crippen LogP contribution is 2.40. The lowest BCUT2D eigenvalue weighted by Gasteiger charge is -2.36. The van der Waals surface area contributed by atoms with Crippen LogP contribution >= 0.6 is 11.6 Å². The van der Waals surface area contributed by atoms with Crippen molar-refractivity contribution >= 4 is 97.5 Å². The number of rotatable bonds is 21. The number of likely N-dealkylation sites (tertiary alicyclic amines) is 1. The zero-order valence-electron chi connectivity index (χ0n) is 67.0. The quantitative estimate of drug-likeness (QED) is 0.0367. The summed E-state index contributed by atoms with van der Waals surface area (Å²) in [5.74, 6) is -3.96. The fourth-order valence-corrected chi connectivity index (χ4v) is 18.2. The number of fused-ring (bicyclic) bond motifs is 3. The summed E-state index contributed by atoms with van der Waals surface area (Å²) in [7, 11) is -5.33. The average Bonchev–Trinajstić information content (AvgIpc) is 1.52. The summed E-state index contributed by atoms with van der Waals surface area (Å²) in [6.07, 6.45) is 2.40. The van der Waals surface area contributed by atoms with Crippen molar-refractivity contribution in [3.8, 4) is 17.2 Å². The van der Waals surface area contributed by atoms with Gasteiger partial charge in [-0.25, -0.2) is 12.8 Å². The molecule has 0 radical (unpaired) electrons. The third kappa shape index (κ3) is 19.2. The van der Waals surface area contributed by atoms with E-state index in [1.54, 1.807) is 60.7 Å². The van der Waals surface area contributed by atoms with Gasteiger partial charge in [0.25, 0.3) is 35.4 Å². The highest BCUT2D eigenvalue weighted by molar-refractivity contribution is 7.90. The van der Waals surface area contributed by atoms with E-state index in [0.29, 0.717) is 28.3 Å². The molecule has 3 aliphatic carbocycles. The predicted octanol–water partition coefficient (Wildman–Crippen LogP) is 12.1. The lowest BCUT2D eigenvalue weighted by Crippen LogP contribution is -2.51. The third-order valence-corrected chi connectivity index (χ3v) is 25.8. The first kappa shape index (κ1) is 86.2. The number of ether oxygens (including phenoxy) is 3. The smallest absolute Gasteiger partial charge is 0.488 e. The van der Waals surface area contributed by atoms with Crippen molar-refractivity contribution in [1.29, 1.82) is 0 Å². The highest BCUT2D eigenvalue weighted by atomic mass is 35.5. The number of halogens is 5. The number of Topliss-reactive ketones (excluding diaryl/α,β-unsaturated/α-hetero) is 6. The zero-order valence-corrected chi connectivity index (χ0v) is 68.5. The molecule has 8 aromatic rings. The van der Waals surface area contributed by atoms with E-state index >= 15 is 0 Å². The minimum absolute atomic E-state index is 0.0725. The van der Waals surface area contributed by atoms with E-state index in [1.807, 2.05) is 65.6 Å². The fraction of sp³-hybridized carbons (Fsp3) is 0.348. The monoisotopic (exact) mass is 1720 g/mol. The standard InChI is InChI=1S/C33H31ClN2O5.C32H30FN3O5.C27H26F3N3O7S/c34-25-10-8-23(9-11-25)24-14-16-35(17-15-24)19-21-4-6-22(7-5-21)20-41-30-3-1-2-27-31(30)33(40)36(32(27)39)28-13-12-26(37)18-29(28)38;33-23-8-10-24(11-9-23)35-16-14-34(15-17-35)19-21-4-6-22(7-5-21)20-41-29-3-1-2-26-30(29)32(40)36(31(26)39)27-13-12-25(37)18-28(27)38;28-27(29,30)41(38,39)32-12-10-31(11-13-32)15-17-4-6-18(7-5-17)16-40-23-3-1-2-20-24(23)26(37)33(25(20)36)21-9-8-19(34)14-22(21)35/h1-11,24,28H,12-20H2;1-11,27H,12-20H2;1-7,21H,8-16H2. The SMILES string of the molecule is O=C1CCC(N2C(=O)c3cccc(OCc4ccc(CN5CCC(c6ccc(Cl)cc6)CC5)cc4)c3C2=O)C(=O)C1.O=C1CCC(N2C(=O)c3cccc(OCc4ccc(CN5CCN(S(=O)(=O)C(F)(F)F)CC5)cc4)c3C2=O)C(=O)C1.O=C1CCC(N2C(=O)c3cccc(OCc4ccc(CN5CCN(c6ccc(F)cc6)CC5)cc4)c3C2=O)C(=O)C1. The zero-order chi connectivity index (χ0) is 86.5. The molecule has 8 aromatic carbocycles. The van der Waals surface area contributed by atoms with Crippen molar-refractivity contribution < 1.29 is 97.7 Å². The number of benzene rings is 8. The molecule has 638 valence electrons. The van der Waals surface area contributed by atoms with Crippen molar-refractivity contribution in [2.45, 2.75) is 140 Å². The second-order valence-corrected chi connectivity index (χ2v) is 34.3. The molecule has 6 amide bonds. The van der Waals surface area contributed by atoms with Gasteiger partial charge in [-0.05, 0) is 163 Å². The van der Waals surface area contributed by atoms with Gasteiger partial charge < -0.3 is 19.1 Å². The number of amides is 6. The van der Waals surface area contributed by atoms with Crippen LogP contribution in [-0.4, -0.2) is 201 Å². The molecule has 6 aliphatic heterocycles. The first-order valence-corrected chi connectivity index (χ1v) is 42.7. The Kier molecular flexibility index (Phi) is 26.0. The van der Waals surface area contributed by atoms with Crippen LogP contribution in [0.3, 0.4) is 0 Å². The van der Waals surface area contributed by atoms with Crippen molar-refractivity contribution in [2.75, 3.05) is 70.3 Å². The molecule has 3 atom stereocenters. The number of nitrogens with zero attached hydrogens (tertiary/aromatic N) is 8. The molecule has 6 heterocycles. The molecular weight excluding hydrogens is 1630 g/mol. The Morgan fingerprint density at radius 3 is 1.02 bits per heavy atom. The van der Waals surface area contributed by atoms with Gasteiger partial charge in [0.15, 0.2) is 17.3 Å². The number of alkyl halides is 3. The van der Waals surface area contributed by atoms with Gasteiger partial charge in [-0.2, -0.15) is 17.5 Å². The van der Waals surface area contributed by atoms with Crippen LogP contribution in [0.15, 0.2) is 176 Å². The normalized spacial score (nSPS) is 20.2. The molecular formula is C92H87ClF4N8O17S. The minimum atomic E-state index is -5.33. The third-order valence-electron chi connectivity index (χ3n) is 23.9. The number of anilines is 1. The number of piperazine rings is 2. The van der Waals surface area contributed by atoms with Crippen LogP contribution in [0.25, 0.3) is 0 Å². The van der Waals surface area contributed by atoms with E-state index in [4.69, 9.17) is 25.8 Å². The van der Waals surface area contributed by atoms with Crippen molar-refractivity contribution in [3.05, 3.63) is 259 Å². The Bertz CT molecular complexity index is 5350. The number of imide groups is 3. The van der Waals surface area contributed by atoms with E-state index < -0.39 is 80.7 Å². The molecule has 17 rings (SSSR count). The Hall–Kier alpha value is -11.8. The summed E-state index contributed by atoms with van der Waals surface area (Å²) >= 11 is 6.04. The maximum absolute atomic E-state index is 13.3. The van der Waals surface area contributed by atoms with Crippen molar-refractivity contribution in [1.82, 2.24) is 33.7 Å². The average molecular weight is 1720 g/mol. The van der Waals surface area contributed by atoms with Crippen LogP contribution in [0.5, 0.6) is 17.2 Å². The first-order chi connectivity index (χ1) is 59.1. The van der Waals surface area contributed by atoms with Gasteiger partial charge in [0.1, 0.15) is 60.2 Å². The number of piperidine rings is 1. The van der Waals surface area contributed by atoms with Gasteiger partial charge in [-0.1, -0.05) is 115 Å². The second-order valence-electron chi connectivity index (χ2n) is 32.0. The summed E-state index contributed by atoms with van der Waals surface area (Å²) < 4.78 is 93.1. The first-order valence-electron chi connectivity index (χ1n) is 40.9. The minimum Gasteiger partial charge on any atom is -0.488 e. The molecule has 0 N–H and O–H groups in total. The molecule has 0 spiro atoms. The molecule has 0 aromatic heterocycles. The molecule has 6 fully saturated rings. The highest BCUT2D eigenvalue weighted by Gasteiger charge is 2.52. The van der Waals surface area contributed by atoms with Gasteiger partial charge in [-0.3, -0.25) is 86.9 Å². The van der Waals surface area contributed by atoms with Crippen LogP contribution in [0.1, 0.15) is 178 Å². The molecule has 0 bridgehead atoms. The maximum Gasteiger partial charge on any atom is 0.511 e. The number of sulfonamides is 1. The number of carbonyl (C=O) groups excluding carboxylic acids is 12. The number of carbonyl (C=O) groups is 12. The van der Waals surface area contributed by atoms with Crippen LogP contribution in [-0.2, 0) is 78.2 Å². The lowest BCUT2D eigenvalue weighted by atomic mass is 9.89. The van der Waals surface area contributed by atoms with E-state index in [2.05, 4.69) is 51.1 Å². The Morgan fingerprint density at radius 1 is 0.366 bits per heavy atom. The topological polar surface area (TPSA) is 293 Å². The van der Waals surface area contributed by atoms with Crippen molar-refractivity contribution in [3.63, 3.8) is 0 Å². The molecule has 3 saturated heterocycles. The summed E-state index contributed by atoms with van der Waals surface area (Å²) in [5, 5.41) is 0.773. The van der Waals surface area contributed by atoms with Crippen LogP contribution in [0, 0.1) is 5.82 Å². The van der Waals surface area contributed by atoms with Crippen LogP contribution in [0.2, 0.25) is 5.02 Å². The molecule has 3 saturated carbocycles. The van der Waals surface area contributed by atoms with E-state index in [0.717, 1.165) is 113 Å². The van der Waals surface area contributed by atoms with Crippen molar-refractivity contribution in [2.24, 2.45) is 0 Å². The molecule has 3 unspecified atom stereocenters. The van der Waals surface area contributed by atoms with Gasteiger partial charge in [0, 0.05) is 102 Å². The molecule has 123 heavy (non-hydrogen) atoms. The van der Waals surface area contributed by atoms with E-state index in [-0.39, 0.29) is 172 Å². The summed E-state index contributed by atoms with van der Waals surface area (Å²) in [6.45, 7) is 8.15. The lowest BCUT2D eigenvalue weighted by molar-refractivity contribution is -0.134. The van der Waals surface area contributed by atoms with Crippen LogP contribution in [0.4, 0.5) is 23.2 Å². The summed E-state index contributed by atoms with van der Waals surface area (Å²) in [5.41, 5.74) is 3.98. The Morgan fingerprint density at radius 2 is 0.691 bits per heavy atom. The van der Waals surface area contributed by atoms with E-state index in [1.165, 1.54) is 34.9 Å². The number of hydrogen-bond donors (Lipinski definition) is 0. The van der Waals surface area contributed by atoms with Gasteiger partial charge in [0.05, 0.1) is 70.8 Å². The second kappa shape index (κ2) is 37.1. The largest absolute Gasteiger partial charge is 0.511 e. The van der Waals surface area contributed by atoms with E-state index in [9.17, 15) is 83.5 Å². The van der Waals surface area contributed by atoms with Gasteiger partial charge in [0.2, 0.25) is 0 Å². The number of ketones is 6.